The van der Waals surface area contributed by atoms with Crippen molar-refractivity contribution in [2.75, 3.05) is 7.11 Å². The molecular weight excluding hydrogens is 217 g/mol. The number of rotatable bonds is 6. The topological polar surface area (TPSA) is 35.2 Å². The first-order valence-corrected chi connectivity index (χ1v) is 6.04. The molecule has 0 bridgehead atoms. The maximum atomic E-state index is 13.4. The van der Waals surface area contributed by atoms with Crippen LogP contribution in [0.25, 0.3) is 0 Å². The molecule has 0 fully saturated rings. The van der Waals surface area contributed by atoms with E-state index in [1.54, 1.807) is 12.1 Å². The summed E-state index contributed by atoms with van der Waals surface area (Å²) in [5.41, 5.74) is 6.81. The van der Waals surface area contributed by atoms with Crippen LogP contribution < -0.4 is 10.5 Å². The summed E-state index contributed by atoms with van der Waals surface area (Å²) in [6, 6.07) is 5.14. The summed E-state index contributed by atoms with van der Waals surface area (Å²) in [5, 5.41) is 0. The van der Waals surface area contributed by atoms with E-state index in [1.807, 2.05) is 19.9 Å². The second-order valence-electron chi connectivity index (χ2n) is 5.16. The van der Waals surface area contributed by atoms with E-state index >= 15 is 0 Å². The Balaban J connectivity index is 2.40. The lowest BCUT2D eigenvalue weighted by atomic mass is 9.97. The molecule has 3 heteroatoms. The van der Waals surface area contributed by atoms with Crippen molar-refractivity contribution in [3.63, 3.8) is 0 Å². The third-order valence-electron chi connectivity index (χ3n) is 2.75. The predicted molar refractivity (Wildman–Crippen MR) is 68.8 cm³/mol. The number of aryl methyl sites for hydroxylation is 1. The largest absolute Gasteiger partial charge is 0.494 e. The number of halogens is 1. The summed E-state index contributed by atoms with van der Waals surface area (Å²) >= 11 is 0. The lowest BCUT2D eigenvalue weighted by Crippen LogP contribution is -2.31. The van der Waals surface area contributed by atoms with Crippen molar-refractivity contribution in [1.29, 1.82) is 0 Å². The van der Waals surface area contributed by atoms with Gasteiger partial charge in [0.2, 0.25) is 0 Å². The Hall–Kier alpha value is -1.09. The number of methoxy groups -OCH3 is 1. The smallest absolute Gasteiger partial charge is 0.165 e. The van der Waals surface area contributed by atoms with Gasteiger partial charge in [0.25, 0.3) is 0 Å². The molecule has 0 unspecified atom stereocenters. The van der Waals surface area contributed by atoms with Crippen molar-refractivity contribution in [3.05, 3.63) is 29.6 Å². The van der Waals surface area contributed by atoms with Crippen LogP contribution in [0.5, 0.6) is 5.75 Å². The second-order valence-corrected chi connectivity index (χ2v) is 5.16. The fraction of sp³-hybridized carbons (Fsp3) is 0.571. The van der Waals surface area contributed by atoms with Gasteiger partial charge in [-0.15, -0.1) is 0 Å². The highest BCUT2D eigenvalue weighted by molar-refractivity contribution is 5.29. The summed E-state index contributed by atoms with van der Waals surface area (Å²) in [6.07, 6.45) is 3.98. The van der Waals surface area contributed by atoms with Gasteiger partial charge in [-0.1, -0.05) is 12.5 Å². The Labute approximate surface area is 103 Å². The Morgan fingerprint density at radius 3 is 2.53 bits per heavy atom. The van der Waals surface area contributed by atoms with Crippen LogP contribution in [0.3, 0.4) is 0 Å². The first-order valence-electron chi connectivity index (χ1n) is 6.04. The van der Waals surface area contributed by atoms with E-state index < -0.39 is 0 Å². The maximum Gasteiger partial charge on any atom is 0.165 e. The number of nitrogens with two attached hydrogens (primary N) is 1. The molecule has 0 radical (unpaired) electrons. The van der Waals surface area contributed by atoms with Crippen molar-refractivity contribution in [2.24, 2.45) is 5.73 Å². The SMILES string of the molecule is COc1ccc(CCCCC(C)(C)N)cc1F. The van der Waals surface area contributed by atoms with Gasteiger partial charge >= 0.3 is 0 Å². The summed E-state index contributed by atoms with van der Waals surface area (Å²) < 4.78 is 18.3. The van der Waals surface area contributed by atoms with Gasteiger partial charge in [0.05, 0.1) is 7.11 Å². The highest BCUT2D eigenvalue weighted by Gasteiger charge is 2.09. The van der Waals surface area contributed by atoms with E-state index in [0.717, 1.165) is 31.2 Å². The van der Waals surface area contributed by atoms with Crippen molar-refractivity contribution in [2.45, 2.75) is 45.1 Å². The fourth-order valence-corrected chi connectivity index (χ4v) is 1.78. The Morgan fingerprint density at radius 1 is 1.29 bits per heavy atom. The minimum atomic E-state index is -0.288. The summed E-state index contributed by atoms with van der Waals surface area (Å²) in [6.45, 7) is 4.06. The maximum absolute atomic E-state index is 13.4. The highest BCUT2D eigenvalue weighted by Crippen LogP contribution is 2.19. The van der Waals surface area contributed by atoms with Crippen LogP contribution in [0.15, 0.2) is 18.2 Å². The highest BCUT2D eigenvalue weighted by atomic mass is 19.1. The number of benzene rings is 1. The molecule has 0 aliphatic heterocycles. The zero-order chi connectivity index (χ0) is 12.9. The number of unbranched alkanes of at least 4 members (excludes halogenated alkanes) is 1. The van der Waals surface area contributed by atoms with E-state index in [-0.39, 0.29) is 11.4 Å². The molecule has 0 saturated carbocycles. The monoisotopic (exact) mass is 239 g/mol. The normalized spacial score (nSPS) is 11.6. The molecule has 0 spiro atoms. The van der Waals surface area contributed by atoms with Crippen LogP contribution in [-0.2, 0) is 6.42 Å². The molecular formula is C14H22FNO. The van der Waals surface area contributed by atoms with Gasteiger partial charge in [0, 0.05) is 5.54 Å². The fourth-order valence-electron chi connectivity index (χ4n) is 1.78. The van der Waals surface area contributed by atoms with Crippen LogP contribution in [0, 0.1) is 5.82 Å². The molecule has 1 aromatic rings. The van der Waals surface area contributed by atoms with Gasteiger partial charge in [0.1, 0.15) is 0 Å². The molecule has 1 rings (SSSR count). The van der Waals surface area contributed by atoms with Gasteiger partial charge in [-0.3, -0.25) is 0 Å². The molecule has 2 nitrogen and oxygen atoms in total. The van der Waals surface area contributed by atoms with E-state index in [2.05, 4.69) is 0 Å². The molecule has 17 heavy (non-hydrogen) atoms. The predicted octanol–water partition coefficient (Wildman–Crippen LogP) is 3.28. The molecule has 0 heterocycles. The van der Waals surface area contributed by atoms with Gasteiger partial charge in [0.15, 0.2) is 11.6 Å². The first-order chi connectivity index (χ1) is 7.92. The minimum Gasteiger partial charge on any atom is -0.494 e. The van der Waals surface area contributed by atoms with Crippen LogP contribution in [0.2, 0.25) is 0 Å². The van der Waals surface area contributed by atoms with Crippen molar-refractivity contribution < 1.29 is 9.13 Å². The Bertz CT molecular complexity index is 358. The first kappa shape index (κ1) is 14.0. The lowest BCUT2D eigenvalue weighted by Gasteiger charge is -2.17. The van der Waals surface area contributed by atoms with Crippen molar-refractivity contribution >= 4 is 0 Å². The van der Waals surface area contributed by atoms with E-state index in [0.29, 0.717) is 5.75 Å². The standard InChI is InChI=1S/C14H22FNO/c1-14(2,16)9-5-4-6-11-7-8-13(17-3)12(15)10-11/h7-8,10H,4-6,9,16H2,1-3H3. The molecule has 0 saturated heterocycles. The van der Waals surface area contributed by atoms with E-state index in [9.17, 15) is 4.39 Å². The zero-order valence-corrected chi connectivity index (χ0v) is 10.9. The van der Waals surface area contributed by atoms with E-state index in [4.69, 9.17) is 10.5 Å². The van der Waals surface area contributed by atoms with Crippen molar-refractivity contribution in [1.82, 2.24) is 0 Å². The third kappa shape index (κ3) is 5.18. The van der Waals surface area contributed by atoms with Crippen LogP contribution in [-0.4, -0.2) is 12.6 Å². The van der Waals surface area contributed by atoms with Gasteiger partial charge in [-0.05, 0) is 50.8 Å². The third-order valence-corrected chi connectivity index (χ3v) is 2.75. The Morgan fingerprint density at radius 2 is 2.00 bits per heavy atom. The summed E-state index contributed by atoms with van der Waals surface area (Å²) in [5.74, 6) is 0.0148. The number of ether oxygens (including phenoxy) is 1. The summed E-state index contributed by atoms with van der Waals surface area (Å²) in [4.78, 5) is 0. The van der Waals surface area contributed by atoms with Gasteiger partial charge < -0.3 is 10.5 Å². The second kappa shape index (κ2) is 6.01. The van der Waals surface area contributed by atoms with Gasteiger partial charge in [-0.2, -0.15) is 0 Å². The van der Waals surface area contributed by atoms with Gasteiger partial charge in [-0.25, -0.2) is 4.39 Å². The zero-order valence-electron chi connectivity index (χ0n) is 10.9. The lowest BCUT2D eigenvalue weighted by molar-refractivity contribution is 0.386. The number of hydrogen-bond donors (Lipinski definition) is 1. The van der Waals surface area contributed by atoms with Crippen LogP contribution in [0.4, 0.5) is 4.39 Å². The van der Waals surface area contributed by atoms with E-state index in [1.165, 1.54) is 7.11 Å². The molecule has 1 aromatic carbocycles. The van der Waals surface area contributed by atoms with Crippen LogP contribution in [0.1, 0.15) is 38.7 Å². The number of hydrogen-bond acceptors (Lipinski definition) is 2. The molecule has 2 N–H and O–H groups in total. The molecule has 0 aliphatic carbocycles. The molecule has 0 amide bonds. The quantitative estimate of drug-likeness (QED) is 0.773. The average Bonchev–Trinajstić information content (AvgIpc) is 2.23. The summed E-state index contributed by atoms with van der Waals surface area (Å²) in [7, 11) is 1.47. The van der Waals surface area contributed by atoms with Crippen LogP contribution >= 0.6 is 0 Å². The molecule has 0 aromatic heterocycles. The average molecular weight is 239 g/mol. The molecule has 0 aliphatic rings. The van der Waals surface area contributed by atoms with Crippen molar-refractivity contribution in [3.8, 4) is 5.75 Å². The minimum absolute atomic E-state index is 0.106. The molecule has 0 atom stereocenters. The Kier molecular flexibility index (Phi) is 4.94. The molecule has 96 valence electrons.